The minimum Gasteiger partial charge on any atom is -0.474 e. The van der Waals surface area contributed by atoms with Crippen LogP contribution >= 0.6 is 0 Å². The van der Waals surface area contributed by atoms with Crippen molar-refractivity contribution in [2.24, 2.45) is 5.73 Å². The number of hydrogen-bond acceptors (Lipinski definition) is 5. The van der Waals surface area contributed by atoms with Gasteiger partial charge in [0, 0.05) is 26.2 Å². The summed E-state index contributed by atoms with van der Waals surface area (Å²) in [6, 6.07) is 3.28. The van der Waals surface area contributed by atoms with Crippen LogP contribution in [0.2, 0.25) is 0 Å². The Morgan fingerprint density at radius 3 is 2.58 bits per heavy atom. The maximum atomic E-state index is 11.9. The lowest BCUT2D eigenvalue weighted by Gasteiger charge is -2.14. The van der Waals surface area contributed by atoms with Crippen LogP contribution in [0.5, 0.6) is 5.88 Å². The number of aromatic nitrogens is 1. The van der Waals surface area contributed by atoms with Gasteiger partial charge in [-0.3, -0.25) is 0 Å². The van der Waals surface area contributed by atoms with Crippen LogP contribution in [-0.4, -0.2) is 43.9 Å². The summed E-state index contributed by atoms with van der Waals surface area (Å²) in [5.74, 6) is 0.441. The minimum atomic E-state index is -3.43. The van der Waals surface area contributed by atoms with Crippen LogP contribution in [0.1, 0.15) is 19.3 Å². The van der Waals surface area contributed by atoms with Crippen molar-refractivity contribution in [2.45, 2.75) is 36.3 Å². The topological polar surface area (TPSA) is 85.5 Å². The first-order valence-corrected chi connectivity index (χ1v) is 7.64. The fourth-order valence-corrected chi connectivity index (χ4v) is 2.90. The zero-order valence-corrected chi connectivity index (χ0v) is 11.9. The Hall–Kier alpha value is -1.18. The number of rotatable bonds is 4. The normalized spacial score (nSPS) is 23.8. The summed E-state index contributed by atoms with van der Waals surface area (Å²) in [6.45, 7) is 0. The molecule has 2 unspecified atom stereocenters. The van der Waals surface area contributed by atoms with Gasteiger partial charge in [-0.15, -0.1) is 0 Å². The van der Waals surface area contributed by atoms with E-state index in [9.17, 15) is 8.42 Å². The summed E-state index contributed by atoms with van der Waals surface area (Å²) in [4.78, 5) is 4.21. The van der Waals surface area contributed by atoms with Crippen LogP contribution in [-0.2, 0) is 10.0 Å². The number of nitrogens with two attached hydrogens (primary N) is 1. The zero-order valence-electron chi connectivity index (χ0n) is 11.1. The fourth-order valence-electron chi connectivity index (χ4n) is 2.05. The molecule has 1 aliphatic rings. The Labute approximate surface area is 113 Å². The summed E-state index contributed by atoms with van der Waals surface area (Å²) in [5, 5.41) is 0. The SMILES string of the molecule is CN(C)S(=O)(=O)c1ccc(OC2CCC(N)C2)nc1. The van der Waals surface area contributed by atoms with Gasteiger partial charge in [0.15, 0.2) is 0 Å². The highest BCUT2D eigenvalue weighted by atomic mass is 32.2. The van der Waals surface area contributed by atoms with Crippen molar-refractivity contribution in [3.63, 3.8) is 0 Å². The Balaban J connectivity index is 2.07. The van der Waals surface area contributed by atoms with E-state index in [2.05, 4.69) is 4.98 Å². The van der Waals surface area contributed by atoms with E-state index in [0.29, 0.717) is 5.88 Å². The number of pyridine rings is 1. The second-order valence-corrected chi connectivity index (χ2v) is 7.08. The van der Waals surface area contributed by atoms with Gasteiger partial charge in [-0.1, -0.05) is 0 Å². The van der Waals surface area contributed by atoms with Gasteiger partial charge in [0.2, 0.25) is 15.9 Å². The lowest BCUT2D eigenvalue weighted by atomic mass is 10.3. The average Bonchev–Trinajstić information content (AvgIpc) is 2.75. The molecule has 0 radical (unpaired) electrons. The van der Waals surface area contributed by atoms with Crippen molar-refractivity contribution in [3.8, 4) is 5.88 Å². The first kappa shape index (κ1) is 14.2. The zero-order chi connectivity index (χ0) is 14.0. The van der Waals surface area contributed by atoms with Gasteiger partial charge >= 0.3 is 0 Å². The maximum Gasteiger partial charge on any atom is 0.244 e. The highest BCUT2D eigenvalue weighted by Gasteiger charge is 2.24. The molecule has 0 spiro atoms. The lowest BCUT2D eigenvalue weighted by molar-refractivity contribution is 0.199. The second-order valence-electron chi connectivity index (χ2n) is 4.93. The van der Waals surface area contributed by atoms with E-state index in [1.54, 1.807) is 6.07 Å². The summed E-state index contributed by atoms with van der Waals surface area (Å²) in [7, 11) is -0.463. The molecule has 0 saturated heterocycles. The monoisotopic (exact) mass is 285 g/mol. The van der Waals surface area contributed by atoms with Gasteiger partial charge in [0.1, 0.15) is 11.0 Å². The summed E-state index contributed by atoms with van der Waals surface area (Å²) < 4.78 is 30.5. The largest absolute Gasteiger partial charge is 0.474 e. The minimum absolute atomic E-state index is 0.0822. The number of ether oxygens (including phenoxy) is 1. The standard InChI is InChI=1S/C12H19N3O3S/c1-15(2)19(16,17)11-5-6-12(14-8-11)18-10-4-3-9(13)7-10/h5-6,8-10H,3-4,7,13H2,1-2H3. The second kappa shape index (κ2) is 5.44. The van der Waals surface area contributed by atoms with E-state index in [1.165, 1.54) is 26.4 Å². The molecule has 106 valence electrons. The number of nitrogens with zero attached hydrogens (tertiary/aromatic N) is 2. The quantitative estimate of drug-likeness (QED) is 0.875. The van der Waals surface area contributed by atoms with Crippen molar-refractivity contribution in [3.05, 3.63) is 18.3 Å². The number of hydrogen-bond donors (Lipinski definition) is 1. The Morgan fingerprint density at radius 1 is 1.37 bits per heavy atom. The molecule has 1 heterocycles. The van der Waals surface area contributed by atoms with Gasteiger partial charge in [-0.2, -0.15) is 0 Å². The molecule has 2 atom stereocenters. The predicted molar refractivity (Wildman–Crippen MR) is 71.4 cm³/mol. The molecule has 1 aliphatic carbocycles. The van der Waals surface area contributed by atoms with E-state index in [0.717, 1.165) is 23.6 Å². The highest BCUT2D eigenvalue weighted by molar-refractivity contribution is 7.89. The van der Waals surface area contributed by atoms with Crippen LogP contribution in [0.4, 0.5) is 0 Å². The molecule has 2 rings (SSSR count). The summed E-state index contributed by atoms with van der Waals surface area (Å²) >= 11 is 0. The van der Waals surface area contributed by atoms with E-state index < -0.39 is 10.0 Å². The van der Waals surface area contributed by atoms with Crippen molar-refractivity contribution in [2.75, 3.05) is 14.1 Å². The Morgan fingerprint density at radius 2 is 2.11 bits per heavy atom. The lowest BCUT2D eigenvalue weighted by Crippen LogP contribution is -2.22. The van der Waals surface area contributed by atoms with E-state index in [-0.39, 0.29) is 17.0 Å². The van der Waals surface area contributed by atoms with E-state index in [4.69, 9.17) is 10.5 Å². The first-order valence-electron chi connectivity index (χ1n) is 6.20. The number of sulfonamides is 1. The van der Waals surface area contributed by atoms with Gasteiger partial charge in [0.05, 0.1) is 6.20 Å². The molecule has 7 heteroatoms. The van der Waals surface area contributed by atoms with Crippen molar-refractivity contribution < 1.29 is 13.2 Å². The van der Waals surface area contributed by atoms with Crippen LogP contribution in [0, 0.1) is 0 Å². The van der Waals surface area contributed by atoms with Crippen molar-refractivity contribution in [1.82, 2.24) is 9.29 Å². The Bertz CT molecular complexity index is 528. The van der Waals surface area contributed by atoms with Crippen molar-refractivity contribution in [1.29, 1.82) is 0 Å². The first-order chi connectivity index (χ1) is 8.89. The van der Waals surface area contributed by atoms with E-state index >= 15 is 0 Å². The van der Waals surface area contributed by atoms with Crippen LogP contribution in [0.25, 0.3) is 0 Å². The predicted octanol–water partition coefficient (Wildman–Crippen LogP) is 0.591. The summed E-state index contributed by atoms with van der Waals surface area (Å²) in [5.41, 5.74) is 5.81. The third-order valence-electron chi connectivity index (χ3n) is 3.20. The molecule has 0 bridgehead atoms. The molecule has 1 aromatic heterocycles. The molecular formula is C12H19N3O3S. The molecule has 2 N–H and O–H groups in total. The van der Waals surface area contributed by atoms with E-state index in [1.807, 2.05) is 0 Å². The summed E-state index contributed by atoms with van der Waals surface area (Å²) in [6.07, 6.45) is 4.09. The third kappa shape index (κ3) is 3.23. The molecule has 0 aliphatic heterocycles. The van der Waals surface area contributed by atoms with Gasteiger partial charge in [0.25, 0.3) is 0 Å². The molecule has 1 fully saturated rings. The van der Waals surface area contributed by atoms with Gasteiger partial charge in [-0.25, -0.2) is 17.7 Å². The Kier molecular flexibility index (Phi) is 4.07. The van der Waals surface area contributed by atoms with Crippen LogP contribution < -0.4 is 10.5 Å². The van der Waals surface area contributed by atoms with Crippen molar-refractivity contribution >= 4 is 10.0 Å². The smallest absolute Gasteiger partial charge is 0.244 e. The molecular weight excluding hydrogens is 266 g/mol. The molecule has 1 saturated carbocycles. The molecule has 1 aromatic rings. The van der Waals surface area contributed by atoms with Crippen LogP contribution in [0.15, 0.2) is 23.2 Å². The highest BCUT2D eigenvalue weighted by Crippen LogP contribution is 2.23. The van der Waals surface area contributed by atoms with Gasteiger partial charge in [-0.05, 0) is 25.3 Å². The molecule has 0 amide bonds. The molecule has 0 aromatic carbocycles. The average molecular weight is 285 g/mol. The maximum absolute atomic E-state index is 11.9. The fraction of sp³-hybridized carbons (Fsp3) is 0.583. The van der Waals surface area contributed by atoms with Crippen LogP contribution in [0.3, 0.4) is 0 Å². The third-order valence-corrected chi connectivity index (χ3v) is 5.00. The molecule has 19 heavy (non-hydrogen) atoms. The molecule has 6 nitrogen and oxygen atoms in total. The van der Waals surface area contributed by atoms with Gasteiger partial charge < -0.3 is 10.5 Å².